The fourth-order valence-electron chi connectivity index (χ4n) is 1.49. The molecule has 2 heteroatoms. The monoisotopic (exact) mass is 184 g/mol. The van der Waals surface area contributed by atoms with Crippen molar-refractivity contribution in [3.63, 3.8) is 0 Å². The van der Waals surface area contributed by atoms with Crippen molar-refractivity contribution in [2.24, 2.45) is 0 Å². The number of nitrogen functional groups attached to an aromatic ring is 1. The Bertz CT molecular complexity index is 415. The van der Waals surface area contributed by atoms with Crippen molar-refractivity contribution in [2.75, 3.05) is 5.73 Å². The van der Waals surface area contributed by atoms with E-state index in [-0.39, 0.29) is 0 Å². The summed E-state index contributed by atoms with van der Waals surface area (Å²) in [6.07, 6.45) is 0. The van der Waals surface area contributed by atoms with Gasteiger partial charge in [0.05, 0.1) is 0 Å². The summed E-state index contributed by atoms with van der Waals surface area (Å²) in [7, 11) is 0. The predicted octanol–water partition coefficient (Wildman–Crippen LogP) is 2.64. The molecule has 2 aromatic rings. The lowest BCUT2D eigenvalue weighted by Crippen LogP contribution is -1.92. The zero-order valence-electron chi connectivity index (χ0n) is 8.07. The largest absolute Gasteiger partial charge is 0.384 e. The van der Waals surface area contributed by atoms with E-state index in [1.165, 1.54) is 5.56 Å². The first-order valence-electron chi connectivity index (χ1n) is 4.55. The maximum Gasteiger partial charge on any atom is 0.124 e. The van der Waals surface area contributed by atoms with Crippen molar-refractivity contribution < 1.29 is 0 Å². The number of aryl methyl sites for hydroxylation is 1. The summed E-state index contributed by atoms with van der Waals surface area (Å²) >= 11 is 0. The minimum Gasteiger partial charge on any atom is -0.384 e. The topological polar surface area (TPSA) is 38.9 Å². The summed E-state index contributed by atoms with van der Waals surface area (Å²) in [5, 5.41) is 0. The number of anilines is 1. The van der Waals surface area contributed by atoms with E-state index in [1.807, 2.05) is 37.3 Å². The Kier molecular flexibility index (Phi) is 2.19. The van der Waals surface area contributed by atoms with Crippen LogP contribution in [-0.4, -0.2) is 4.98 Å². The first-order valence-corrected chi connectivity index (χ1v) is 4.55. The predicted molar refractivity (Wildman–Crippen MR) is 58.8 cm³/mol. The van der Waals surface area contributed by atoms with Gasteiger partial charge in [-0.05, 0) is 30.2 Å². The van der Waals surface area contributed by atoms with Crippen LogP contribution >= 0.6 is 0 Å². The van der Waals surface area contributed by atoms with Gasteiger partial charge in [0.1, 0.15) is 5.82 Å². The normalized spacial score (nSPS) is 10.1. The Labute approximate surface area is 83.4 Å². The lowest BCUT2D eigenvalue weighted by Gasteiger charge is -2.03. The molecule has 2 rings (SSSR count). The average molecular weight is 184 g/mol. The van der Waals surface area contributed by atoms with Crippen molar-refractivity contribution in [3.8, 4) is 11.1 Å². The van der Waals surface area contributed by atoms with Gasteiger partial charge in [-0.15, -0.1) is 0 Å². The van der Waals surface area contributed by atoms with E-state index in [2.05, 4.69) is 17.1 Å². The molecule has 70 valence electrons. The maximum atomic E-state index is 5.69. The van der Waals surface area contributed by atoms with Crippen molar-refractivity contribution in [1.82, 2.24) is 4.98 Å². The Balaban J connectivity index is 2.52. The summed E-state index contributed by atoms with van der Waals surface area (Å²) in [5.74, 6) is 0.573. The van der Waals surface area contributed by atoms with E-state index >= 15 is 0 Å². The molecule has 0 saturated carbocycles. The number of hydrogen-bond acceptors (Lipinski definition) is 2. The Morgan fingerprint density at radius 3 is 2.36 bits per heavy atom. The van der Waals surface area contributed by atoms with Crippen LogP contribution in [0.15, 0.2) is 42.5 Å². The fourth-order valence-corrected chi connectivity index (χ4v) is 1.49. The molecule has 14 heavy (non-hydrogen) atoms. The summed E-state index contributed by atoms with van der Waals surface area (Å²) in [4.78, 5) is 4.14. The van der Waals surface area contributed by atoms with Crippen LogP contribution in [0.1, 0.15) is 5.69 Å². The van der Waals surface area contributed by atoms with Gasteiger partial charge in [0.2, 0.25) is 0 Å². The van der Waals surface area contributed by atoms with Gasteiger partial charge in [-0.25, -0.2) is 4.98 Å². The quantitative estimate of drug-likeness (QED) is 0.740. The zero-order chi connectivity index (χ0) is 9.97. The highest BCUT2D eigenvalue weighted by Crippen LogP contribution is 2.20. The molecule has 2 nitrogen and oxygen atoms in total. The maximum absolute atomic E-state index is 5.69. The van der Waals surface area contributed by atoms with Crippen LogP contribution in [0.3, 0.4) is 0 Å². The number of benzene rings is 1. The fraction of sp³-hybridized carbons (Fsp3) is 0.0833. The number of hydrogen-bond donors (Lipinski definition) is 1. The van der Waals surface area contributed by atoms with Gasteiger partial charge in [0, 0.05) is 5.69 Å². The van der Waals surface area contributed by atoms with Crippen LogP contribution in [0, 0.1) is 6.92 Å². The molecule has 0 unspecified atom stereocenters. The Morgan fingerprint density at radius 2 is 1.71 bits per heavy atom. The molecule has 0 spiro atoms. The van der Waals surface area contributed by atoms with Gasteiger partial charge in [-0.3, -0.25) is 0 Å². The standard InChI is InChI=1S/C12H12N2/c1-9-7-11(8-12(13)14-9)10-5-3-2-4-6-10/h2-8H,1H3,(H2,13,14). The molecule has 0 amide bonds. The second kappa shape index (κ2) is 3.50. The molecule has 1 aromatic heterocycles. The lowest BCUT2D eigenvalue weighted by molar-refractivity contribution is 1.21. The van der Waals surface area contributed by atoms with Crippen LogP contribution in [-0.2, 0) is 0 Å². The van der Waals surface area contributed by atoms with Gasteiger partial charge in [0.15, 0.2) is 0 Å². The average Bonchev–Trinajstić information content (AvgIpc) is 2.18. The smallest absolute Gasteiger partial charge is 0.124 e. The molecule has 1 heterocycles. The van der Waals surface area contributed by atoms with E-state index in [9.17, 15) is 0 Å². The molecule has 0 radical (unpaired) electrons. The molecule has 1 aromatic carbocycles. The number of aromatic nitrogens is 1. The van der Waals surface area contributed by atoms with Crippen LogP contribution in [0.5, 0.6) is 0 Å². The third-order valence-electron chi connectivity index (χ3n) is 2.08. The van der Waals surface area contributed by atoms with Crippen molar-refractivity contribution >= 4 is 5.82 Å². The first kappa shape index (κ1) is 8.75. The Hall–Kier alpha value is -1.83. The molecular weight excluding hydrogens is 172 g/mol. The van der Waals surface area contributed by atoms with Crippen LogP contribution in [0.25, 0.3) is 11.1 Å². The first-order chi connectivity index (χ1) is 6.75. The second-order valence-electron chi connectivity index (χ2n) is 3.29. The minimum absolute atomic E-state index is 0.573. The molecule has 0 atom stereocenters. The van der Waals surface area contributed by atoms with Crippen LogP contribution in [0.4, 0.5) is 5.82 Å². The van der Waals surface area contributed by atoms with Gasteiger partial charge in [0.25, 0.3) is 0 Å². The summed E-state index contributed by atoms with van der Waals surface area (Å²) < 4.78 is 0. The van der Waals surface area contributed by atoms with Gasteiger partial charge < -0.3 is 5.73 Å². The van der Waals surface area contributed by atoms with Crippen molar-refractivity contribution in [3.05, 3.63) is 48.2 Å². The molecule has 0 aliphatic carbocycles. The van der Waals surface area contributed by atoms with Gasteiger partial charge in [-0.2, -0.15) is 0 Å². The highest BCUT2D eigenvalue weighted by atomic mass is 14.8. The molecular formula is C12H12N2. The van der Waals surface area contributed by atoms with Crippen LogP contribution < -0.4 is 5.73 Å². The van der Waals surface area contributed by atoms with Crippen molar-refractivity contribution in [1.29, 1.82) is 0 Å². The molecule has 2 N–H and O–H groups in total. The highest BCUT2D eigenvalue weighted by molar-refractivity contribution is 5.66. The molecule has 0 saturated heterocycles. The van der Waals surface area contributed by atoms with E-state index in [0.717, 1.165) is 11.3 Å². The van der Waals surface area contributed by atoms with Gasteiger partial charge in [-0.1, -0.05) is 30.3 Å². The SMILES string of the molecule is Cc1cc(-c2ccccc2)cc(N)n1. The van der Waals surface area contributed by atoms with E-state index in [0.29, 0.717) is 5.82 Å². The third-order valence-corrected chi connectivity index (χ3v) is 2.08. The van der Waals surface area contributed by atoms with E-state index < -0.39 is 0 Å². The number of pyridine rings is 1. The Morgan fingerprint density at radius 1 is 1.00 bits per heavy atom. The van der Waals surface area contributed by atoms with E-state index in [4.69, 9.17) is 5.73 Å². The third kappa shape index (κ3) is 1.74. The molecule has 0 bridgehead atoms. The number of rotatable bonds is 1. The molecule has 0 aliphatic rings. The summed E-state index contributed by atoms with van der Waals surface area (Å²) in [6.45, 7) is 1.95. The van der Waals surface area contributed by atoms with E-state index in [1.54, 1.807) is 0 Å². The summed E-state index contributed by atoms with van der Waals surface area (Å²) in [5.41, 5.74) is 8.93. The molecule has 0 fully saturated rings. The van der Waals surface area contributed by atoms with Crippen molar-refractivity contribution in [2.45, 2.75) is 6.92 Å². The highest BCUT2D eigenvalue weighted by Gasteiger charge is 1.99. The lowest BCUT2D eigenvalue weighted by atomic mass is 10.1. The second-order valence-corrected chi connectivity index (χ2v) is 3.29. The minimum atomic E-state index is 0.573. The zero-order valence-corrected chi connectivity index (χ0v) is 8.07. The van der Waals surface area contributed by atoms with Gasteiger partial charge >= 0.3 is 0 Å². The van der Waals surface area contributed by atoms with Crippen LogP contribution in [0.2, 0.25) is 0 Å². The number of nitrogens with zero attached hydrogens (tertiary/aromatic N) is 1. The molecule has 0 aliphatic heterocycles. The summed E-state index contributed by atoms with van der Waals surface area (Å²) in [6, 6.07) is 14.1. The number of nitrogens with two attached hydrogens (primary N) is 1.